The summed E-state index contributed by atoms with van der Waals surface area (Å²) in [5.74, 6) is 0.226. The highest BCUT2D eigenvalue weighted by Gasteiger charge is 2.56. The lowest BCUT2D eigenvalue weighted by Crippen LogP contribution is -2.27. The van der Waals surface area contributed by atoms with Gasteiger partial charge in [0.15, 0.2) is 0 Å². The summed E-state index contributed by atoms with van der Waals surface area (Å²) >= 11 is 11.7. The summed E-state index contributed by atoms with van der Waals surface area (Å²) in [7, 11) is 0. The fraction of sp³-hybridized carbons (Fsp3) is 0.571. The van der Waals surface area contributed by atoms with Crippen molar-refractivity contribution in [3.8, 4) is 5.88 Å². The number of hydrogen-bond donors (Lipinski definition) is 1. The minimum Gasteiger partial charge on any atom is -0.474 e. The number of carbonyl (C=O) groups excluding carboxylic acids is 1. The first-order chi connectivity index (χ1) is 9.54. The van der Waals surface area contributed by atoms with Gasteiger partial charge in [-0.2, -0.15) is 0 Å². The van der Waals surface area contributed by atoms with Crippen molar-refractivity contribution in [3.05, 3.63) is 23.9 Å². The van der Waals surface area contributed by atoms with Crippen LogP contribution in [0.5, 0.6) is 5.88 Å². The monoisotopic (exact) mass is 314 g/mol. The molecule has 6 heteroatoms. The third-order valence-electron chi connectivity index (χ3n) is 3.75. The molecule has 3 rings (SSSR count). The van der Waals surface area contributed by atoms with E-state index in [1.807, 2.05) is 12.1 Å². The molecule has 2 aliphatic carbocycles. The Morgan fingerprint density at radius 2 is 2.25 bits per heavy atom. The molecular formula is C14H16Cl2N2O2. The zero-order valence-electron chi connectivity index (χ0n) is 10.9. The number of halogens is 2. The van der Waals surface area contributed by atoms with Crippen molar-refractivity contribution in [1.29, 1.82) is 0 Å². The maximum absolute atomic E-state index is 11.8. The van der Waals surface area contributed by atoms with E-state index in [9.17, 15) is 4.79 Å². The molecule has 0 radical (unpaired) electrons. The predicted molar refractivity (Wildman–Crippen MR) is 76.9 cm³/mol. The molecule has 1 heterocycles. The van der Waals surface area contributed by atoms with Crippen LogP contribution in [0, 0.1) is 5.92 Å². The van der Waals surface area contributed by atoms with Crippen LogP contribution in [0.25, 0.3) is 0 Å². The van der Waals surface area contributed by atoms with Gasteiger partial charge in [-0.3, -0.25) is 4.79 Å². The van der Waals surface area contributed by atoms with Gasteiger partial charge in [0.2, 0.25) is 11.8 Å². The number of ether oxygens (including phenoxy) is 1. The Balaban J connectivity index is 1.52. The quantitative estimate of drug-likeness (QED) is 0.850. The molecule has 4 nitrogen and oxygen atoms in total. The second kappa shape index (κ2) is 5.41. The van der Waals surface area contributed by atoms with Crippen molar-refractivity contribution in [2.75, 3.05) is 0 Å². The number of alkyl halides is 2. The van der Waals surface area contributed by atoms with Crippen molar-refractivity contribution in [2.45, 2.75) is 42.7 Å². The number of rotatable bonds is 5. The maximum atomic E-state index is 11.8. The van der Waals surface area contributed by atoms with Crippen molar-refractivity contribution >= 4 is 29.1 Å². The standard InChI is InChI=1S/C14H16Cl2N2O2/c15-14(16)7-11(14)13(19)18-8-9-4-5-17-12(6-9)20-10-2-1-3-10/h4-6,10-11H,1-3,7-8H2,(H,18,19)/t11-/m0/s1. The van der Waals surface area contributed by atoms with Crippen LogP contribution >= 0.6 is 23.2 Å². The van der Waals surface area contributed by atoms with Gasteiger partial charge in [-0.1, -0.05) is 0 Å². The molecule has 1 amide bonds. The van der Waals surface area contributed by atoms with Crippen molar-refractivity contribution in [1.82, 2.24) is 10.3 Å². The number of hydrogen-bond acceptors (Lipinski definition) is 3. The molecule has 2 aliphatic rings. The van der Waals surface area contributed by atoms with Crippen LogP contribution in [-0.2, 0) is 11.3 Å². The van der Waals surface area contributed by atoms with E-state index in [0.29, 0.717) is 24.9 Å². The number of nitrogens with one attached hydrogen (secondary N) is 1. The fourth-order valence-electron chi connectivity index (χ4n) is 2.09. The van der Waals surface area contributed by atoms with Gasteiger partial charge >= 0.3 is 0 Å². The highest BCUT2D eigenvalue weighted by Crippen LogP contribution is 2.53. The average molecular weight is 315 g/mol. The Labute approximate surface area is 127 Å². The average Bonchev–Trinajstić information content (AvgIpc) is 3.01. The second-order valence-electron chi connectivity index (χ2n) is 5.41. The molecule has 0 bridgehead atoms. The van der Waals surface area contributed by atoms with Crippen LogP contribution < -0.4 is 10.1 Å². The van der Waals surface area contributed by atoms with E-state index in [0.717, 1.165) is 18.4 Å². The summed E-state index contributed by atoms with van der Waals surface area (Å²) in [6, 6.07) is 3.72. The first kappa shape index (κ1) is 14.0. The lowest BCUT2D eigenvalue weighted by Gasteiger charge is -2.25. The first-order valence-corrected chi connectivity index (χ1v) is 7.57. The molecule has 0 saturated heterocycles. The lowest BCUT2D eigenvalue weighted by molar-refractivity contribution is -0.122. The molecule has 0 aromatic carbocycles. The second-order valence-corrected chi connectivity index (χ2v) is 6.95. The molecular weight excluding hydrogens is 299 g/mol. The van der Waals surface area contributed by atoms with Gasteiger partial charge in [-0.15, -0.1) is 23.2 Å². The molecule has 20 heavy (non-hydrogen) atoms. The summed E-state index contributed by atoms with van der Waals surface area (Å²) in [5.41, 5.74) is 0.957. The number of amides is 1. The van der Waals surface area contributed by atoms with Crippen LogP contribution in [0.3, 0.4) is 0 Å². The molecule has 1 atom stereocenters. The van der Waals surface area contributed by atoms with Gasteiger partial charge in [0, 0.05) is 18.8 Å². The Kier molecular flexibility index (Phi) is 3.78. The first-order valence-electron chi connectivity index (χ1n) is 6.82. The largest absolute Gasteiger partial charge is 0.474 e. The van der Waals surface area contributed by atoms with E-state index in [1.54, 1.807) is 6.20 Å². The minimum atomic E-state index is -0.874. The van der Waals surface area contributed by atoms with Crippen molar-refractivity contribution < 1.29 is 9.53 Å². The fourth-order valence-corrected chi connectivity index (χ4v) is 2.60. The molecule has 0 unspecified atom stereocenters. The molecule has 1 aromatic heterocycles. The lowest BCUT2D eigenvalue weighted by atomic mass is 9.96. The molecule has 1 N–H and O–H groups in total. The van der Waals surface area contributed by atoms with E-state index in [1.165, 1.54) is 6.42 Å². The van der Waals surface area contributed by atoms with E-state index in [2.05, 4.69) is 10.3 Å². The zero-order chi connectivity index (χ0) is 14.2. The number of pyridine rings is 1. The minimum absolute atomic E-state index is 0.103. The summed E-state index contributed by atoms with van der Waals surface area (Å²) in [6.07, 6.45) is 5.93. The predicted octanol–water partition coefficient (Wildman–Crippen LogP) is 2.82. The van der Waals surface area contributed by atoms with Gasteiger partial charge in [-0.25, -0.2) is 4.98 Å². The van der Waals surface area contributed by atoms with Crippen LogP contribution in [0.2, 0.25) is 0 Å². The normalized spacial score (nSPS) is 23.8. The smallest absolute Gasteiger partial charge is 0.226 e. The number of nitrogens with zero attached hydrogens (tertiary/aromatic N) is 1. The Morgan fingerprint density at radius 3 is 2.85 bits per heavy atom. The maximum Gasteiger partial charge on any atom is 0.226 e. The number of aromatic nitrogens is 1. The van der Waals surface area contributed by atoms with Gasteiger partial charge in [0.25, 0.3) is 0 Å². The van der Waals surface area contributed by atoms with Crippen LogP contribution in [-0.4, -0.2) is 21.3 Å². The van der Waals surface area contributed by atoms with Crippen LogP contribution in [0.1, 0.15) is 31.2 Å². The van der Waals surface area contributed by atoms with Gasteiger partial charge in [0.05, 0.1) is 5.92 Å². The van der Waals surface area contributed by atoms with Crippen LogP contribution in [0.15, 0.2) is 18.3 Å². The number of carbonyl (C=O) groups is 1. The Hall–Kier alpha value is -1.00. The Bertz CT molecular complexity index is 518. The zero-order valence-corrected chi connectivity index (χ0v) is 12.5. The molecule has 108 valence electrons. The van der Waals surface area contributed by atoms with Crippen LogP contribution in [0.4, 0.5) is 0 Å². The molecule has 0 aliphatic heterocycles. The Morgan fingerprint density at radius 1 is 1.50 bits per heavy atom. The highest BCUT2D eigenvalue weighted by atomic mass is 35.5. The highest BCUT2D eigenvalue weighted by molar-refractivity contribution is 6.52. The van der Waals surface area contributed by atoms with Crippen molar-refractivity contribution in [2.24, 2.45) is 5.92 Å². The third-order valence-corrected chi connectivity index (χ3v) is 4.58. The van der Waals surface area contributed by atoms with E-state index in [-0.39, 0.29) is 11.8 Å². The van der Waals surface area contributed by atoms with E-state index in [4.69, 9.17) is 27.9 Å². The molecule has 2 fully saturated rings. The topological polar surface area (TPSA) is 51.2 Å². The summed E-state index contributed by atoms with van der Waals surface area (Å²) in [4.78, 5) is 16.0. The SMILES string of the molecule is O=C(NCc1ccnc(OC2CCC2)c1)[C@@H]1CC1(Cl)Cl. The van der Waals surface area contributed by atoms with Crippen molar-refractivity contribution in [3.63, 3.8) is 0 Å². The molecule has 1 aromatic rings. The summed E-state index contributed by atoms with van der Waals surface area (Å²) in [6.45, 7) is 0.433. The molecule has 0 spiro atoms. The third kappa shape index (κ3) is 3.18. The summed E-state index contributed by atoms with van der Waals surface area (Å²) in [5, 5.41) is 2.83. The van der Waals surface area contributed by atoms with Gasteiger partial charge in [0.1, 0.15) is 10.4 Å². The van der Waals surface area contributed by atoms with Gasteiger partial charge in [-0.05, 0) is 37.3 Å². The van der Waals surface area contributed by atoms with Gasteiger partial charge < -0.3 is 10.1 Å². The summed E-state index contributed by atoms with van der Waals surface area (Å²) < 4.78 is 4.85. The molecule has 2 saturated carbocycles. The van der Waals surface area contributed by atoms with E-state index < -0.39 is 4.33 Å². The van der Waals surface area contributed by atoms with E-state index >= 15 is 0 Å².